The molecule has 4 rings (SSSR count). The van der Waals surface area contributed by atoms with Gasteiger partial charge in [-0.15, -0.1) is 0 Å². The van der Waals surface area contributed by atoms with E-state index in [1.165, 1.54) is 0 Å². The number of primary amides is 1. The van der Waals surface area contributed by atoms with E-state index in [4.69, 9.17) is 5.73 Å². The minimum Gasteiger partial charge on any atom is -0.391 e. The number of nitrogens with two attached hydrogens (primary N) is 1. The molecule has 0 aromatic heterocycles. The maximum absolute atomic E-state index is 13.8. The Hall–Kier alpha value is -3.74. The minimum absolute atomic E-state index is 0.0580. The van der Waals surface area contributed by atoms with Crippen molar-refractivity contribution in [3.63, 3.8) is 0 Å². The Bertz CT molecular complexity index is 1420. The number of hydrogen-bond acceptors (Lipinski definition) is 4. The van der Waals surface area contributed by atoms with Gasteiger partial charge in [0.2, 0.25) is 11.8 Å². The SMILES string of the molecule is CCCN(CCC)C(=O)C1=CC(C)=CC(C(N)=O)([C@H](Cc2cccc3ccccc23)[C@@H](O)CNCc2ccccc2)C1. The molecule has 1 unspecified atom stereocenters. The number of allylic oxidation sites excluding steroid dienone is 2. The summed E-state index contributed by atoms with van der Waals surface area (Å²) in [6, 6.07) is 24.3. The van der Waals surface area contributed by atoms with Gasteiger partial charge in [0, 0.05) is 37.7 Å². The van der Waals surface area contributed by atoms with E-state index in [2.05, 4.69) is 43.4 Å². The number of benzene rings is 3. The van der Waals surface area contributed by atoms with Gasteiger partial charge in [0.05, 0.1) is 11.5 Å². The second kappa shape index (κ2) is 14.4. The lowest BCUT2D eigenvalue weighted by Crippen LogP contribution is -2.51. The topological polar surface area (TPSA) is 95.7 Å². The smallest absolute Gasteiger partial charge is 0.249 e. The van der Waals surface area contributed by atoms with Crippen LogP contribution in [0.25, 0.3) is 10.8 Å². The zero-order valence-corrected chi connectivity index (χ0v) is 25.2. The molecule has 3 atom stereocenters. The molecule has 0 radical (unpaired) electrons. The van der Waals surface area contributed by atoms with Gasteiger partial charge in [0.1, 0.15) is 0 Å². The fourth-order valence-corrected chi connectivity index (χ4v) is 6.39. The first-order valence-corrected chi connectivity index (χ1v) is 15.2. The van der Waals surface area contributed by atoms with E-state index in [0.717, 1.165) is 40.3 Å². The standard InChI is InChI=1S/C36H45N3O3/c1-4-18-39(19-5-2)34(41)30-20-26(3)22-36(23-30,35(37)42)32(33(40)25-38-24-27-12-7-6-8-13-27)21-29-16-11-15-28-14-9-10-17-31(28)29/h6-17,20,22,32-33,38,40H,4-5,18-19,21,23-25H2,1-3H3,(H2,37,42)/t32-,33+,36?/m1/s1. The first kappa shape index (κ1) is 31.2. The normalized spacial score (nSPS) is 18.2. The maximum atomic E-state index is 13.8. The lowest BCUT2D eigenvalue weighted by Gasteiger charge is -2.42. The Kier molecular flexibility index (Phi) is 10.7. The summed E-state index contributed by atoms with van der Waals surface area (Å²) in [5, 5.41) is 17.4. The number of aliphatic hydroxyl groups excluding tert-OH is 1. The Morgan fingerprint density at radius 2 is 1.64 bits per heavy atom. The number of nitrogens with one attached hydrogen (secondary N) is 1. The van der Waals surface area contributed by atoms with E-state index in [-0.39, 0.29) is 18.9 Å². The lowest BCUT2D eigenvalue weighted by molar-refractivity contribution is -0.132. The molecular weight excluding hydrogens is 522 g/mol. The van der Waals surface area contributed by atoms with Crippen LogP contribution in [0, 0.1) is 11.3 Å². The van der Waals surface area contributed by atoms with Gasteiger partial charge in [-0.05, 0) is 54.5 Å². The Balaban J connectivity index is 1.72. The van der Waals surface area contributed by atoms with Crippen LogP contribution in [0.4, 0.5) is 0 Å². The third-order valence-corrected chi connectivity index (χ3v) is 8.35. The molecule has 0 saturated heterocycles. The van der Waals surface area contributed by atoms with Crippen molar-refractivity contribution in [1.29, 1.82) is 0 Å². The van der Waals surface area contributed by atoms with Crippen molar-refractivity contribution in [3.05, 3.63) is 107 Å². The quantitative estimate of drug-likeness (QED) is 0.238. The molecule has 42 heavy (non-hydrogen) atoms. The number of rotatable bonds is 14. The average Bonchev–Trinajstić information content (AvgIpc) is 2.99. The van der Waals surface area contributed by atoms with E-state index in [1.54, 1.807) is 0 Å². The maximum Gasteiger partial charge on any atom is 0.249 e. The minimum atomic E-state index is -1.24. The van der Waals surface area contributed by atoms with Crippen molar-refractivity contribution in [2.75, 3.05) is 19.6 Å². The fraction of sp³-hybridized carbons (Fsp3) is 0.389. The van der Waals surface area contributed by atoms with Crippen LogP contribution in [0.3, 0.4) is 0 Å². The van der Waals surface area contributed by atoms with Crippen molar-refractivity contribution in [2.45, 2.75) is 59.1 Å². The molecule has 0 fully saturated rings. The molecule has 4 N–H and O–H groups in total. The fourth-order valence-electron chi connectivity index (χ4n) is 6.39. The molecule has 222 valence electrons. The molecule has 1 aliphatic rings. The summed E-state index contributed by atoms with van der Waals surface area (Å²) >= 11 is 0. The molecule has 6 nitrogen and oxygen atoms in total. The number of fused-ring (bicyclic) bond motifs is 1. The van der Waals surface area contributed by atoms with Gasteiger partial charge in [-0.3, -0.25) is 9.59 Å². The summed E-state index contributed by atoms with van der Waals surface area (Å²) in [4.78, 5) is 29.3. The molecule has 2 amide bonds. The molecule has 0 aliphatic heterocycles. The van der Waals surface area contributed by atoms with E-state index >= 15 is 0 Å². The number of carbonyl (C=O) groups is 2. The number of nitrogens with zero attached hydrogens (tertiary/aromatic N) is 1. The summed E-state index contributed by atoms with van der Waals surface area (Å²) in [5.41, 5.74) is 8.56. The lowest BCUT2D eigenvalue weighted by atomic mass is 9.63. The highest BCUT2D eigenvalue weighted by atomic mass is 16.3. The van der Waals surface area contributed by atoms with E-state index in [1.807, 2.05) is 72.5 Å². The third-order valence-electron chi connectivity index (χ3n) is 8.35. The number of aliphatic hydroxyl groups is 1. The summed E-state index contributed by atoms with van der Waals surface area (Å²) in [6.45, 7) is 8.19. The predicted octanol–water partition coefficient (Wildman–Crippen LogP) is 5.55. The molecule has 3 aromatic carbocycles. The molecular formula is C36H45N3O3. The first-order valence-electron chi connectivity index (χ1n) is 15.2. The van der Waals surface area contributed by atoms with Gasteiger partial charge >= 0.3 is 0 Å². The molecule has 0 saturated carbocycles. The zero-order valence-electron chi connectivity index (χ0n) is 25.2. The van der Waals surface area contributed by atoms with Crippen LogP contribution in [0.1, 0.15) is 51.2 Å². The first-order chi connectivity index (χ1) is 20.3. The number of amides is 2. The van der Waals surface area contributed by atoms with Crippen LogP contribution in [0.15, 0.2) is 96.1 Å². The van der Waals surface area contributed by atoms with E-state index in [9.17, 15) is 14.7 Å². The average molecular weight is 568 g/mol. The molecule has 0 bridgehead atoms. The van der Waals surface area contributed by atoms with Gasteiger partial charge < -0.3 is 21.1 Å². The second-order valence-electron chi connectivity index (χ2n) is 11.6. The highest BCUT2D eigenvalue weighted by molar-refractivity contribution is 5.97. The van der Waals surface area contributed by atoms with Crippen LogP contribution < -0.4 is 11.1 Å². The van der Waals surface area contributed by atoms with E-state index in [0.29, 0.717) is 31.6 Å². The summed E-state index contributed by atoms with van der Waals surface area (Å²) in [5.74, 6) is -1.15. The highest BCUT2D eigenvalue weighted by Crippen LogP contribution is 2.45. The summed E-state index contributed by atoms with van der Waals surface area (Å²) in [6.07, 6.45) is 5.17. The van der Waals surface area contributed by atoms with Gasteiger partial charge in [0.15, 0.2) is 0 Å². The van der Waals surface area contributed by atoms with Gasteiger partial charge in [-0.1, -0.05) is 104 Å². The van der Waals surface area contributed by atoms with Crippen molar-refractivity contribution in [1.82, 2.24) is 10.2 Å². The van der Waals surface area contributed by atoms with Crippen LogP contribution in [0.2, 0.25) is 0 Å². The number of hydrogen-bond donors (Lipinski definition) is 3. The van der Waals surface area contributed by atoms with E-state index < -0.39 is 23.3 Å². The van der Waals surface area contributed by atoms with Gasteiger partial charge in [0.25, 0.3) is 0 Å². The third kappa shape index (κ3) is 7.18. The van der Waals surface area contributed by atoms with Gasteiger partial charge in [-0.25, -0.2) is 0 Å². The molecule has 0 heterocycles. The van der Waals surface area contributed by atoms with Crippen LogP contribution >= 0.6 is 0 Å². The largest absolute Gasteiger partial charge is 0.391 e. The molecule has 3 aromatic rings. The van der Waals surface area contributed by atoms with Crippen LogP contribution in [-0.4, -0.2) is 47.6 Å². The number of carbonyl (C=O) groups excluding carboxylic acids is 2. The van der Waals surface area contributed by atoms with Crippen LogP contribution in [0.5, 0.6) is 0 Å². The second-order valence-corrected chi connectivity index (χ2v) is 11.6. The van der Waals surface area contributed by atoms with Crippen molar-refractivity contribution in [2.24, 2.45) is 17.1 Å². The van der Waals surface area contributed by atoms with Crippen molar-refractivity contribution < 1.29 is 14.7 Å². The van der Waals surface area contributed by atoms with Crippen LogP contribution in [-0.2, 0) is 22.6 Å². The Labute approximate surface area is 250 Å². The monoisotopic (exact) mass is 567 g/mol. The van der Waals surface area contributed by atoms with Crippen molar-refractivity contribution in [3.8, 4) is 0 Å². The molecule has 6 heteroatoms. The predicted molar refractivity (Wildman–Crippen MR) is 171 cm³/mol. The Morgan fingerprint density at radius 1 is 0.976 bits per heavy atom. The molecule has 0 spiro atoms. The highest BCUT2D eigenvalue weighted by Gasteiger charge is 2.48. The molecule has 1 aliphatic carbocycles. The zero-order chi connectivity index (χ0) is 30.1. The van der Waals surface area contributed by atoms with Gasteiger partial charge in [-0.2, -0.15) is 0 Å². The Morgan fingerprint density at radius 3 is 2.33 bits per heavy atom. The van der Waals surface area contributed by atoms with Crippen molar-refractivity contribution >= 4 is 22.6 Å². The summed E-state index contributed by atoms with van der Waals surface area (Å²) in [7, 11) is 0. The summed E-state index contributed by atoms with van der Waals surface area (Å²) < 4.78 is 0.